The van der Waals surface area contributed by atoms with Gasteiger partial charge in [0.2, 0.25) is 5.89 Å². The zero-order valence-corrected chi connectivity index (χ0v) is 18.6. The van der Waals surface area contributed by atoms with Crippen molar-refractivity contribution in [3.8, 4) is 11.5 Å². The van der Waals surface area contributed by atoms with E-state index in [0.717, 1.165) is 18.5 Å². The molecule has 1 fully saturated rings. The Morgan fingerprint density at radius 2 is 1.96 bits per heavy atom. The molecule has 154 valence electrons. The Morgan fingerprint density at radius 1 is 1.29 bits per heavy atom. The molecule has 1 saturated heterocycles. The number of hydrogen-bond donors (Lipinski definition) is 0. The Morgan fingerprint density at radius 3 is 2.50 bits per heavy atom. The SMILES string of the molecule is CCCN(Cn1nc(-c2ccc(C(C)(C)C)cc2)oc1=S)[C@@H]1CCS(=O)(=O)C1. The second-order valence-corrected chi connectivity index (χ2v) is 11.1. The minimum Gasteiger partial charge on any atom is -0.409 e. The van der Waals surface area contributed by atoms with Crippen molar-refractivity contribution in [3.05, 3.63) is 34.7 Å². The van der Waals surface area contributed by atoms with Crippen molar-refractivity contribution in [1.29, 1.82) is 0 Å². The molecule has 0 amide bonds. The average molecular weight is 424 g/mol. The molecule has 8 heteroatoms. The lowest BCUT2D eigenvalue weighted by Gasteiger charge is -2.26. The van der Waals surface area contributed by atoms with E-state index in [-0.39, 0.29) is 23.0 Å². The highest BCUT2D eigenvalue weighted by atomic mass is 32.2. The molecule has 2 heterocycles. The number of hydrogen-bond acceptors (Lipinski definition) is 6. The van der Waals surface area contributed by atoms with Crippen LogP contribution in [0, 0.1) is 4.84 Å². The first-order valence-electron chi connectivity index (χ1n) is 9.72. The lowest BCUT2D eigenvalue weighted by atomic mass is 9.87. The van der Waals surface area contributed by atoms with Gasteiger partial charge >= 0.3 is 0 Å². The molecule has 1 aromatic carbocycles. The summed E-state index contributed by atoms with van der Waals surface area (Å²) < 4.78 is 31.1. The third-order valence-electron chi connectivity index (χ3n) is 5.16. The summed E-state index contributed by atoms with van der Waals surface area (Å²) in [6.07, 6.45) is 1.59. The van der Waals surface area contributed by atoms with Crippen LogP contribution in [0.4, 0.5) is 0 Å². The zero-order chi connectivity index (χ0) is 20.5. The van der Waals surface area contributed by atoms with Gasteiger partial charge in [0.15, 0.2) is 9.84 Å². The van der Waals surface area contributed by atoms with Crippen molar-refractivity contribution < 1.29 is 12.8 Å². The average Bonchev–Trinajstić information content (AvgIpc) is 3.16. The van der Waals surface area contributed by atoms with Gasteiger partial charge in [0, 0.05) is 11.6 Å². The third kappa shape index (κ3) is 4.90. The number of nitrogens with zero attached hydrogens (tertiary/aromatic N) is 3. The highest BCUT2D eigenvalue weighted by molar-refractivity contribution is 7.91. The first-order valence-corrected chi connectivity index (χ1v) is 12.0. The third-order valence-corrected chi connectivity index (χ3v) is 7.20. The smallest absolute Gasteiger partial charge is 0.288 e. The molecule has 3 rings (SSSR count). The van der Waals surface area contributed by atoms with Gasteiger partial charge in [-0.3, -0.25) is 4.90 Å². The first kappa shape index (κ1) is 21.2. The van der Waals surface area contributed by atoms with E-state index >= 15 is 0 Å². The van der Waals surface area contributed by atoms with Crippen molar-refractivity contribution in [2.24, 2.45) is 0 Å². The van der Waals surface area contributed by atoms with Gasteiger partial charge < -0.3 is 4.42 Å². The molecule has 2 aromatic rings. The van der Waals surface area contributed by atoms with Crippen LogP contribution in [-0.2, 0) is 21.9 Å². The lowest BCUT2D eigenvalue weighted by Crippen LogP contribution is -2.38. The Kier molecular flexibility index (Phi) is 6.12. The van der Waals surface area contributed by atoms with Gasteiger partial charge in [-0.05, 0) is 54.7 Å². The molecule has 0 radical (unpaired) electrons. The summed E-state index contributed by atoms with van der Waals surface area (Å²) >= 11 is 5.37. The molecule has 1 atom stereocenters. The van der Waals surface area contributed by atoms with Crippen LogP contribution in [0.2, 0.25) is 0 Å². The number of benzene rings is 1. The molecule has 0 unspecified atom stereocenters. The monoisotopic (exact) mass is 423 g/mol. The molecule has 0 saturated carbocycles. The topological polar surface area (TPSA) is 68.3 Å². The Hall–Kier alpha value is -1.51. The lowest BCUT2D eigenvalue weighted by molar-refractivity contribution is 0.153. The van der Waals surface area contributed by atoms with Gasteiger partial charge in [-0.2, -0.15) is 0 Å². The van der Waals surface area contributed by atoms with Crippen LogP contribution >= 0.6 is 12.2 Å². The van der Waals surface area contributed by atoms with Gasteiger partial charge in [0.1, 0.15) is 0 Å². The van der Waals surface area contributed by atoms with Crippen molar-refractivity contribution >= 4 is 22.1 Å². The van der Waals surface area contributed by atoms with E-state index in [0.29, 0.717) is 23.8 Å². The standard InChI is InChI=1S/C20H29N3O3S2/c1-5-11-22(17-10-12-28(24,25)13-17)14-23-19(27)26-18(21-23)15-6-8-16(9-7-15)20(2,3)4/h6-9,17H,5,10-14H2,1-4H3/t17-/m1/s1. The van der Waals surface area contributed by atoms with Gasteiger partial charge in [0.25, 0.3) is 4.84 Å². The largest absolute Gasteiger partial charge is 0.409 e. The maximum Gasteiger partial charge on any atom is 0.288 e. The van der Waals surface area contributed by atoms with Crippen molar-refractivity contribution in [2.45, 2.75) is 58.7 Å². The summed E-state index contributed by atoms with van der Waals surface area (Å²) in [7, 11) is -2.94. The van der Waals surface area contributed by atoms with Gasteiger partial charge in [-0.15, -0.1) is 5.10 Å². The second kappa shape index (κ2) is 8.08. The minimum absolute atomic E-state index is 0.0121. The predicted octanol–water partition coefficient (Wildman–Crippen LogP) is 4.03. The fourth-order valence-corrected chi connectivity index (χ4v) is 5.46. The molecule has 1 aliphatic rings. The minimum atomic E-state index is -2.94. The van der Waals surface area contributed by atoms with Crippen LogP contribution in [0.1, 0.15) is 46.1 Å². The molecule has 1 aliphatic heterocycles. The summed E-state index contributed by atoms with van der Waals surface area (Å²) in [4.78, 5) is 2.45. The second-order valence-electron chi connectivity index (χ2n) is 8.51. The van der Waals surface area contributed by atoms with Crippen LogP contribution in [-0.4, -0.2) is 47.2 Å². The molecule has 0 bridgehead atoms. The molecule has 6 nitrogen and oxygen atoms in total. The van der Waals surface area contributed by atoms with Crippen LogP contribution in [0.5, 0.6) is 0 Å². The van der Waals surface area contributed by atoms with E-state index in [1.165, 1.54) is 5.56 Å². The first-order chi connectivity index (χ1) is 13.1. The van der Waals surface area contributed by atoms with E-state index in [4.69, 9.17) is 16.6 Å². The summed E-state index contributed by atoms with van der Waals surface area (Å²) in [5, 5.41) is 4.56. The van der Waals surface area contributed by atoms with E-state index < -0.39 is 9.84 Å². The fraction of sp³-hybridized carbons (Fsp3) is 0.600. The Bertz CT molecular complexity index is 969. The van der Waals surface area contributed by atoms with Crippen molar-refractivity contribution in [1.82, 2.24) is 14.7 Å². The predicted molar refractivity (Wildman–Crippen MR) is 114 cm³/mol. The van der Waals surface area contributed by atoms with E-state index in [2.05, 4.69) is 49.8 Å². The highest BCUT2D eigenvalue weighted by Crippen LogP contribution is 2.26. The number of sulfone groups is 1. The molecular formula is C20H29N3O3S2. The molecule has 1 aromatic heterocycles. The van der Waals surface area contributed by atoms with Crippen molar-refractivity contribution in [2.75, 3.05) is 18.1 Å². The summed E-state index contributed by atoms with van der Waals surface area (Å²) in [6, 6.07) is 8.18. The van der Waals surface area contributed by atoms with Gasteiger partial charge in [-0.25, -0.2) is 13.1 Å². The maximum absolute atomic E-state index is 11.9. The van der Waals surface area contributed by atoms with Crippen LogP contribution in [0.25, 0.3) is 11.5 Å². The number of rotatable bonds is 6. The molecule has 0 N–H and O–H groups in total. The number of aromatic nitrogens is 2. The van der Waals surface area contributed by atoms with Gasteiger partial charge in [0.05, 0.1) is 18.2 Å². The Labute approximate surface area is 172 Å². The highest BCUT2D eigenvalue weighted by Gasteiger charge is 2.32. The Balaban J connectivity index is 1.80. The van der Waals surface area contributed by atoms with Crippen LogP contribution < -0.4 is 0 Å². The molecule has 0 aliphatic carbocycles. The normalized spacial score (nSPS) is 19.4. The van der Waals surface area contributed by atoms with Crippen LogP contribution in [0.15, 0.2) is 28.7 Å². The van der Waals surface area contributed by atoms with Gasteiger partial charge in [-0.1, -0.05) is 39.8 Å². The molecular weight excluding hydrogens is 394 g/mol. The van der Waals surface area contributed by atoms with E-state index in [9.17, 15) is 8.42 Å². The van der Waals surface area contributed by atoms with E-state index in [1.54, 1.807) is 4.68 Å². The quantitative estimate of drug-likeness (QED) is 0.654. The van der Waals surface area contributed by atoms with Crippen LogP contribution in [0.3, 0.4) is 0 Å². The van der Waals surface area contributed by atoms with Crippen molar-refractivity contribution in [3.63, 3.8) is 0 Å². The summed E-state index contributed by atoms with van der Waals surface area (Å²) in [5.74, 6) is 0.952. The summed E-state index contributed by atoms with van der Waals surface area (Å²) in [6.45, 7) is 9.84. The molecule has 28 heavy (non-hydrogen) atoms. The zero-order valence-electron chi connectivity index (χ0n) is 17.0. The maximum atomic E-state index is 11.9. The fourth-order valence-electron chi connectivity index (χ4n) is 3.52. The van der Waals surface area contributed by atoms with E-state index in [1.807, 2.05) is 12.1 Å². The molecule has 0 spiro atoms. The summed E-state index contributed by atoms with van der Waals surface area (Å²) in [5.41, 5.74) is 2.20.